The number of methoxy groups -OCH3 is 1. The highest BCUT2D eigenvalue weighted by molar-refractivity contribution is 7.92. The first-order chi connectivity index (χ1) is 13.1. The van der Waals surface area contributed by atoms with Crippen LogP contribution in [0, 0.1) is 0 Å². The molecule has 2 aromatic rings. The summed E-state index contributed by atoms with van der Waals surface area (Å²) in [4.78, 5) is 12.4. The molecule has 0 aliphatic rings. The number of hydrogen-bond donors (Lipinski definition) is 2. The number of ether oxygens (including phenoxy) is 2. The van der Waals surface area contributed by atoms with Crippen LogP contribution in [0.2, 0.25) is 5.02 Å². The van der Waals surface area contributed by atoms with E-state index in [1.54, 1.807) is 19.2 Å². The van der Waals surface area contributed by atoms with Gasteiger partial charge in [-0.1, -0.05) is 17.7 Å². The molecule has 9 heteroatoms. The third kappa shape index (κ3) is 6.31. The summed E-state index contributed by atoms with van der Waals surface area (Å²) in [7, 11) is -1.90. The van der Waals surface area contributed by atoms with Crippen LogP contribution in [0.4, 0.5) is 5.69 Å². The summed E-state index contributed by atoms with van der Waals surface area (Å²) in [5.41, 5.74) is 1.37. The summed E-state index contributed by atoms with van der Waals surface area (Å²) in [5, 5.41) is 2.92. The van der Waals surface area contributed by atoms with Crippen molar-refractivity contribution in [3.05, 3.63) is 52.5 Å². The lowest BCUT2D eigenvalue weighted by Crippen LogP contribution is -2.23. The Morgan fingerprint density at radius 2 is 1.86 bits per heavy atom. The predicted octanol–water partition coefficient (Wildman–Crippen LogP) is 3.44. The Morgan fingerprint density at radius 1 is 1.14 bits per heavy atom. The highest BCUT2D eigenvalue weighted by atomic mass is 35.5. The van der Waals surface area contributed by atoms with Crippen molar-refractivity contribution in [3.8, 4) is 11.5 Å². The van der Waals surface area contributed by atoms with Gasteiger partial charge >= 0.3 is 0 Å². The summed E-state index contributed by atoms with van der Waals surface area (Å²) >= 11 is 6.06. The molecular weight excluding hydrogens is 404 g/mol. The minimum absolute atomic E-state index is 0.0179. The van der Waals surface area contributed by atoms with Crippen molar-refractivity contribution in [2.45, 2.75) is 26.5 Å². The molecule has 0 spiro atoms. The molecule has 0 fully saturated rings. The normalized spacial score (nSPS) is 11.2. The molecule has 2 rings (SSSR count). The maximum absolute atomic E-state index is 12.4. The van der Waals surface area contributed by atoms with E-state index in [4.69, 9.17) is 21.1 Å². The van der Waals surface area contributed by atoms with Crippen LogP contribution in [0.1, 0.15) is 29.8 Å². The van der Waals surface area contributed by atoms with Gasteiger partial charge in [-0.25, -0.2) is 8.42 Å². The second kappa shape index (κ2) is 9.16. The molecule has 2 aromatic carbocycles. The van der Waals surface area contributed by atoms with Crippen LogP contribution in [0.5, 0.6) is 11.5 Å². The maximum Gasteiger partial charge on any atom is 0.251 e. The van der Waals surface area contributed by atoms with E-state index in [0.717, 1.165) is 11.8 Å². The summed E-state index contributed by atoms with van der Waals surface area (Å²) < 4.78 is 35.9. The number of anilines is 1. The van der Waals surface area contributed by atoms with Crippen LogP contribution in [0.15, 0.2) is 36.4 Å². The monoisotopic (exact) mass is 426 g/mol. The Balaban J connectivity index is 2.06. The predicted molar refractivity (Wildman–Crippen MR) is 110 cm³/mol. The molecule has 28 heavy (non-hydrogen) atoms. The quantitative estimate of drug-likeness (QED) is 0.674. The van der Waals surface area contributed by atoms with Gasteiger partial charge in [0.15, 0.2) is 11.5 Å². The fourth-order valence-corrected chi connectivity index (χ4v) is 3.26. The van der Waals surface area contributed by atoms with Crippen LogP contribution in [-0.4, -0.2) is 33.8 Å². The van der Waals surface area contributed by atoms with E-state index in [-0.39, 0.29) is 29.3 Å². The zero-order valence-corrected chi connectivity index (χ0v) is 17.6. The van der Waals surface area contributed by atoms with Gasteiger partial charge in [0, 0.05) is 12.1 Å². The van der Waals surface area contributed by atoms with Crippen molar-refractivity contribution in [1.82, 2.24) is 5.32 Å². The van der Waals surface area contributed by atoms with Crippen LogP contribution < -0.4 is 19.5 Å². The number of amides is 1. The second-order valence-electron chi connectivity index (χ2n) is 6.40. The van der Waals surface area contributed by atoms with Gasteiger partial charge in [-0.05, 0) is 49.7 Å². The molecule has 0 radical (unpaired) electrons. The van der Waals surface area contributed by atoms with Crippen molar-refractivity contribution in [3.63, 3.8) is 0 Å². The van der Waals surface area contributed by atoms with Crippen LogP contribution in [0.25, 0.3) is 0 Å². The Morgan fingerprint density at radius 3 is 2.43 bits per heavy atom. The summed E-state index contributed by atoms with van der Waals surface area (Å²) in [6, 6.07) is 9.78. The largest absolute Gasteiger partial charge is 0.493 e. The van der Waals surface area contributed by atoms with Crippen molar-refractivity contribution < 1.29 is 22.7 Å². The van der Waals surface area contributed by atoms with E-state index in [0.29, 0.717) is 17.1 Å². The number of benzene rings is 2. The fourth-order valence-electron chi connectivity index (χ4n) is 2.40. The molecule has 0 aliphatic carbocycles. The first-order valence-corrected chi connectivity index (χ1v) is 10.7. The van der Waals surface area contributed by atoms with E-state index in [2.05, 4.69) is 10.0 Å². The zero-order valence-electron chi connectivity index (χ0n) is 16.1. The van der Waals surface area contributed by atoms with Gasteiger partial charge in [0.1, 0.15) is 0 Å². The molecule has 2 N–H and O–H groups in total. The average molecular weight is 427 g/mol. The third-order valence-corrected chi connectivity index (χ3v) is 4.47. The average Bonchev–Trinajstić information content (AvgIpc) is 2.60. The molecule has 0 bridgehead atoms. The van der Waals surface area contributed by atoms with E-state index in [1.807, 2.05) is 19.9 Å². The van der Waals surface area contributed by atoms with Gasteiger partial charge in [0.05, 0.1) is 30.2 Å². The Bertz CT molecular complexity index is 961. The minimum atomic E-state index is -3.45. The van der Waals surface area contributed by atoms with Gasteiger partial charge in [-0.2, -0.15) is 0 Å². The third-order valence-electron chi connectivity index (χ3n) is 3.57. The van der Waals surface area contributed by atoms with E-state index in [9.17, 15) is 13.2 Å². The second-order valence-corrected chi connectivity index (χ2v) is 8.56. The number of hydrogen-bond acceptors (Lipinski definition) is 5. The molecule has 1 amide bonds. The van der Waals surface area contributed by atoms with Gasteiger partial charge in [0.2, 0.25) is 10.0 Å². The lowest BCUT2D eigenvalue weighted by molar-refractivity contribution is 0.0951. The first kappa shape index (κ1) is 21.8. The Kier molecular flexibility index (Phi) is 7.15. The molecule has 0 unspecified atom stereocenters. The van der Waals surface area contributed by atoms with Crippen LogP contribution in [-0.2, 0) is 16.6 Å². The molecule has 0 aromatic heterocycles. The molecule has 152 valence electrons. The highest BCUT2D eigenvalue weighted by Gasteiger charge is 2.12. The van der Waals surface area contributed by atoms with Gasteiger partial charge in [-0.15, -0.1) is 0 Å². The highest BCUT2D eigenvalue weighted by Crippen LogP contribution is 2.29. The maximum atomic E-state index is 12.4. The fraction of sp³-hybridized carbons (Fsp3) is 0.316. The summed E-state index contributed by atoms with van der Waals surface area (Å²) in [5.74, 6) is 0.877. The Labute approximate surface area is 170 Å². The standard InChI is InChI=1S/C19H23ClN2O5S/c1-12(2)27-17-8-5-13(9-18(17)26-3)11-21-19(23)14-6-7-16(15(20)10-14)22-28(4,24)25/h5-10,12,22H,11H2,1-4H3,(H,21,23). The zero-order chi connectivity index (χ0) is 20.9. The molecule has 0 atom stereocenters. The van der Waals surface area contributed by atoms with Crippen LogP contribution in [0.3, 0.4) is 0 Å². The lowest BCUT2D eigenvalue weighted by atomic mass is 10.1. The van der Waals surface area contributed by atoms with Crippen molar-refractivity contribution in [2.75, 3.05) is 18.1 Å². The number of halogens is 1. The smallest absolute Gasteiger partial charge is 0.251 e. The summed E-state index contributed by atoms with van der Waals surface area (Å²) in [6.07, 6.45) is 1.04. The van der Waals surface area contributed by atoms with Gasteiger partial charge in [-0.3, -0.25) is 9.52 Å². The van der Waals surface area contributed by atoms with Crippen molar-refractivity contribution in [2.24, 2.45) is 0 Å². The number of carbonyl (C=O) groups excluding carboxylic acids is 1. The number of rotatable bonds is 8. The first-order valence-electron chi connectivity index (χ1n) is 8.48. The molecule has 0 heterocycles. The summed E-state index contributed by atoms with van der Waals surface area (Å²) in [6.45, 7) is 4.13. The molecular formula is C19H23ClN2O5S. The molecule has 0 saturated heterocycles. The molecule has 0 aliphatic heterocycles. The van der Waals surface area contributed by atoms with Crippen LogP contribution >= 0.6 is 11.6 Å². The lowest BCUT2D eigenvalue weighted by Gasteiger charge is -2.15. The molecule has 7 nitrogen and oxygen atoms in total. The minimum Gasteiger partial charge on any atom is -0.493 e. The molecule has 0 saturated carbocycles. The number of nitrogens with one attached hydrogen (secondary N) is 2. The van der Waals surface area contributed by atoms with E-state index in [1.165, 1.54) is 18.2 Å². The van der Waals surface area contributed by atoms with Crippen molar-refractivity contribution >= 4 is 33.2 Å². The van der Waals surface area contributed by atoms with Gasteiger partial charge in [0.25, 0.3) is 5.91 Å². The van der Waals surface area contributed by atoms with E-state index >= 15 is 0 Å². The number of sulfonamides is 1. The van der Waals surface area contributed by atoms with E-state index < -0.39 is 10.0 Å². The Hall–Kier alpha value is -2.45. The number of carbonyl (C=O) groups is 1. The SMILES string of the molecule is COc1cc(CNC(=O)c2ccc(NS(C)(=O)=O)c(Cl)c2)ccc1OC(C)C. The van der Waals surface area contributed by atoms with Crippen molar-refractivity contribution in [1.29, 1.82) is 0 Å². The topological polar surface area (TPSA) is 93.7 Å². The van der Waals surface area contributed by atoms with Gasteiger partial charge < -0.3 is 14.8 Å².